The smallest absolute Gasteiger partial charge is 0.169 e. The minimum absolute atomic E-state index is 0.533. The molecule has 7 nitrogen and oxygen atoms in total. The average molecular weight is 421 g/mol. The van der Waals surface area contributed by atoms with E-state index in [1.54, 1.807) is 6.20 Å². The second kappa shape index (κ2) is 9.66. The number of pyridine rings is 1. The third-order valence-electron chi connectivity index (χ3n) is 5.19. The summed E-state index contributed by atoms with van der Waals surface area (Å²) in [5.41, 5.74) is 3.12. The normalized spacial score (nSPS) is 11.4. The molecule has 0 fully saturated rings. The van der Waals surface area contributed by atoms with Crippen molar-refractivity contribution in [3.63, 3.8) is 0 Å². The van der Waals surface area contributed by atoms with Crippen molar-refractivity contribution in [2.45, 2.75) is 33.4 Å². The Balaban J connectivity index is 1.34. The van der Waals surface area contributed by atoms with Crippen LogP contribution in [0.2, 0.25) is 0 Å². The maximum atomic E-state index is 6.13. The second-order valence-corrected chi connectivity index (χ2v) is 7.76. The topological polar surface area (TPSA) is 76.6 Å². The van der Waals surface area contributed by atoms with Gasteiger partial charge in [0.1, 0.15) is 22.9 Å². The molecular weight excluding hydrogens is 392 g/mol. The van der Waals surface area contributed by atoms with Crippen LogP contribution in [0.25, 0.3) is 11.0 Å². The van der Waals surface area contributed by atoms with Crippen LogP contribution in [0.5, 0.6) is 5.75 Å². The van der Waals surface area contributed by atoms with E-state index in [-0.39, 0.29) is 0 Å². The first-order valence-corrected chi connectivity index (χ1v) is 10.5. The molecule has 3 heterocycles. The van der Waals surface area contributed by atoms with E-state index in [9.17, 15) is 0 Å². The number of hydrogen-bond acceptors (Lipinski definition) is 7. The van der Waals surface area contributed by atoms with Gasteiger partial charge in [-0.2, -0.15) is 0 Å². The Bertz CT molecular complexity index is 1120. The van der Waals surface area contributed by atoms with Crippen LogP contribution >= 0.6 is 0 Å². The minimum atomic E-state index is 0.533. The summed E-state index contributed by atoms with van der Waals surface area (Å²) in [7, 11) is 2.11. The zero-order valence-electron chi connectivity index (χ0n) is 18.2. The molecule has 0 amide bonds. The molecule has 1 aromatic carbocycles. The summed E-state index contributed by atoms with van der Waals surface area (Å²) in [6, 6.07) is 11.9. The van der Waals surface area contributed by atoms with Crippen LogP contribution in [0.4, 0.5) is 5.82 Å². The summed E-state index contributed by atoms with van der Waals surface area (Å²) in [5, 5.41) is 8.23. The van der Waals surface area contributed by atoms with E-state index in [1.807, 2.05) is 43.5 Å². The number of rotatable bonds is 10. The number of hydrogen-bond donors (Lipinski definition) is 1. The predicted octanol–water partition coefficient (Wildman–Crippen LogP) is 4.95. The summed E-state index contributed by atoms with van der Waals surface area (Å²) >= 11 is 0. The molecule has 0 atom stereocenters. The molecule has 4 rings (SSSR count). The van der Waals surface area contributed by atoms with Crippen molar-refractivity contribution in [3.8, 4) is 5.75 Å². The van der Waals surface area contributed by atoms with E-state index >= 15 is 0 Å². The lowest BCUT2D eigenvalue weighted by atomic mass is 10.1. The summed E-state index contributed by atoms with van der Waals surface area (Å²) in [6.07, 6.45) is 4.64. The van der Waals surface area contributed by atoms with Gasteiger partial charge < -0.3 is 23.9 Å². The standard InChI is InChI=1S/C24H28N4O3/c1-17-13-23(27-31-17)26-15-22-18(2)24-20(8-4-9-21(24)30-22)29-12-6-11-28(3)16-19-7-5-10-25-14-19/h4-5,7-10,13-14H,6,11-12,15-16H2,1-3H3,(H,26,27). The molecule has 0 aliphatic heterocycles. The van der Waals surface area contributed by atoms with Gasteiger partial charge in [-0.15, -0.1) is 0 Å². The first-order chi connectivity index (χ1) is 15.1. The van der Waals surface area contributed by atoms with E-state index in [4.69, 9.17) is 13.7 Å². The van der Waals surface area contributed by atoms with Crippen LogP contribution < -0.4 is 10.1 Å². The van der Waals surface area contributed by atoms with Crippen molar-refractivity contribution in [3.05, 3.63) is 71.4 Å². The van der Waals surface area contributed by atoms with Crippen molar-refractivity contribution in [2.75, 3.05) is 25.5 Å². The summed E-state index contributed by atoms with van der Waals surface area (Å²) < 4.78 is 17.3. The molecule has 0 aliphatic rings. The minimum Gasteiger partial charge on any atom is -0.493 e. The number of benzene rings is 1. The highest BCUT2D eigenvalue weighted by molar-refractivity contribution is 5.88. The quantitative estimate of drug-likeness (QED) is 0.364. The van der Waals surface area contributed by atoms with Crippen LogP contribution in [0.1, 0.15) is 29.1 Å². The number of aromatic nitrogens is 2. The monoisotopic (exact) mass is 420 g/mol. The molecule has 0 radical (unpaired) electrons. The highest BCUT2D eigenvalue weighted by atomic mass is 16.5. The van der Waals surface area contributed by atoms with Crippen LogP contribution in [0.3, 0.4) is 0 Å². The number of furan rings is 1. The van der Waals surface area contributed by atoms with Gasteiger partial charge in [-0.05, 0) is 51.1 Å². The van der Waals surface area contributed by atoms with E-state index in [0.29, 0.717) is 19.0 Å². The lowest BCUT2D eigenvalue weighted by Crippen LogP contribution is -2.20. The van der Waals surface area contributed by atoms with Crippen molar-refractivity contribution < 1.29 is 13.7 Å². The van der Waals surface area contributed by atoms with Gasteiger partial charge in [-0.25, -0.2) is 0 Å². The molecule has 0 bridgehead atoms. The van der Waals surface area contributed by atoms with Gasteiger partial charge >= 0.3 is 0 Å². The Morgan fingerprint density at radius 2 is 2.06 bits per heavy atom. The van der Waals surface area contributed by atoms with E-state index < -0.39 is 0 Å². The Labute approximate surface area is 182 Å². The number of nitrogens with zero attached hydrogens (tertiary/aromatic N) is 3. The fraction of sp³-hybridized carbons (Fsp3) is 0.333. The Hall–Kier alpha value is -3.32. The molecule has 1 N–H and O–H groups in total. The van der Waals surface area contributed by atoms with Gasteiger partial charge in [-0.3, -0.25) is 4.98 Å². The van der Waals surface area contributed by atoms with Gasteiger partial charge in [-0.1, -0.05) is 17.3 Å². The zero-order chi connectivity index (χ0) is 21.6. The number of fused-ring (bicyclic) bond motifs is 1. The second-order valence-electron chi connectivity index (χ2n) is 7.76. The molecule has 7 heteroatoms. The van der Waals surface area contributed by atoms with Gasteiger partial charge in [0.05, 0.1) is 18.5 Å². The SMILES string of the molecule is Cc1cc(NCc2oc3cccc(OCCCN(C)Cc4cccnc4)c3c2C)no1. The van der Waals surface area contributed by atoms with Crippen molar-refractivity contribution in [1.82, 2.24) is 15.0 Å². The third kappa shape index (κ3) is 5.24. The van der Waals surface area contributed by atoms with Gasteiger partial charge in [0.2, 0.25) is 0 Å². The first kappa shape index (κ1) is 20.9. The predicted molar refractivity (Wildman–Crippen MR) is 120 cm³/mol. The molecule has 4 aromatic rings. The lowest BCUT2D eigenvalue weighted by Gasteiger charge is -2.16. The molecule has 0 spiro atoms. The highest BCUT2D eigenvalue weighted by Gasteiger charge is 2.15. The fourth-order valence-electron chi connectivity index (χ4n) is 3.62. The van der Waals surface area contributed by atoms with Crippen LogP contribution in [0.15, 0.2) is 57.7 Å². The van der Waals surface area contributed by atoms with Gasteiger partial charge in [0, 0.05) is 37.1 Å². The maximum Gasteiger partial charge on any atom is 0.169 e. The molecular formula is C24H28N4O3. The Morgan fingerprint density at radius 1 is 1.16 bits per heavy atom. The van der Waals surface area contributed by atoms with Crippen molar-refractivity contribution in [1.29, 1.82) is 0 Å². The molecule has 0 saturated heterocycles. The first-order valence-electron chi connectivity index (χ1n) is 10.5. The molecule has 162 valence electrons. The van der Waals surface area contributed by atoms with Crippen LogP contribution in [-0.2, 0) is 13.1 Å². The maximum absolute atomic E-state index is 6.13. The molecule has 3 aromatic heterocycles. The van der Waals surface area contributed by atoms with E-state index in [1.165, 1.54) is 5.56 Å². The van der Waals surface area contributed by atoms with Crippen LogP contribution in [-0.4, -0.2) is 35.2 Å². The van der Waals surface area contributed by atoms with Crippen LogP contribution in [0, 0.1) is 13.8 Å². The van der Waals surface area contributed by atoms with E-state index in [2.05, 4.69) is 40.4 Å². The lowest BCUT2D eigenvalue weighted by molar-refractivity contribution is 0.260. The third-order valence-corrected chi connectivity index (χ3v) is 5.19. The highest BCUT2D eigenvalue weighted by Crippen LogP contribution is 2.33. The average Bonchev–Trinajstić information content (AvgIpc) is 3.33. The Morgan fingerprint density at radius 3 is 2.84 bits per heavy atom. The summed E-state index contributed by atoms with van der Waals surface area (Å²) in [5.74, 6) is 3.19. The number of ether oxygens (including phenoxy) is 1. The zero-order valence-corrected chi connectivity index (χ0v) is 18.2. The summed E-state index contributed by atoms with van der Waals surface area (Å²) in [4.78, 5) is 6.45. The van der Waals surface area contributed by atoms with Gasteiger partial charge in [0.15, 0.2) is 5.82 Å². The Kier molecular flexibility index (Phi) is 6.52. The van der Waals surface area contributed by atoms with Crippen molar-refractivity contribution in [2.24, 2.45) is 0 Å². The molecule has 0 aliphatic carbocycles. The largest absolute Gasteiger partial charge is 0.493 e. The van der Waals surface area contributed by atoms with E-state index in [0.717, 1.165) is 53.3 Å². The summed E-state index contributed by atoms with van der Waals surface area (Å²) in [6.45, 7) is 6.93. The molecule has 31 heavy (non-hydrogen) atoms. The number of aryl methyl sites for hydroxylation is 2. The fourth-order valence-corrected chi connectivity index (χ4v) is 3.62. The number of nitrogens with one attached hydrogen (secondary N) is 1. The number of anilines is 1. The molecule has 0 unspecified atom stereocenters. The van der Waals surface area contributed by atoms with Crippen molar-refractivity contribution >= 4 is 16.8 Å². The molecule has 0 saturated carbocycles. The van der Waals surface area contributed by atoms with Gasteiger partial charge in [0.25, 0.3) is 0 Å².